The van der Waals surface area contributed by atoms with Gasteiger partial charge in [-0.25, -0.2) is 4.98 Å². The molecular formula is C22H21ClN4OS2. The number of fused-ring (bicyclic) bond motifs is 1. The maximum atomic E-state index is 13.2. The molecule has 2 aromatic heterocycles. The first-order valence-corrected chi connectivity index (χ1v) is 11.7. The summed E-state index contributed by atoms with van der Waals surface area (Å²) < 4.78 is 2.93. The number of thioether (sulfide) groups is 1. The lowest BCUT2D eigenvalue weighted by molar-refractivity contribution is -0.116. The van der Waals surface area contributed by atoms with Gasteiger partial charge in [0.1, 0.15) is 0 Å². The minimum Gasteiger partial charge on any atom is -0.285 e. The lowest BCUT2D eigenvalue weighted by atomic mass is 10.1. The van der Waals surface area contributed by atoms with Crippen molar-refractivity contribution in [2.24, 2.45) is 0 Å². The molecule has 1 amide bonds. The molecule has 0 unspecified atom stereocenters. The Bertz CT molecular complexity index is 1160. The van der Waals surface area contributed by atoms with Crippen LogP contribution >= 0.6 is 34.7 Å². The van der Waals surface area contributed by atoms with Crippen molar-refractivity contribution >= 4 is 56.0 Å². The quantitative estimate of drug-likeness (QED) is 0.340. The molecule has 8 heteroatoms. The zero-order chi connectivity index (χ0) is 21.1. The Morgan fingerprint density at radius 2 is 2.03 bits per heavy atom. The Hall–Kier alpha value is -2.35. The van der Waals surface area contributed by atoms with Crippen molar-refractivity contribution in [3.8, 4) is 0 Å². The number of carbonyl (C=O) groups excluding carboxylic acids is 1. The van der Waals surface area contributed by atoms with Crippen molar-refractivity contribution in [2.45, 2.75) is 25.3 Å². The Kier molecular flexibility index (Phi) is 6.41. The normalized spacial score (nSPS) is 11.2. The number of aryl methyl sites for hydroxylation is 2. The van der Waals surface area contributed by atoms with E-state index in [0.29, 0.717) is 23.9 Å². The first-order valence-electron chi connectivity index (χ1n) is 9.53. The summed E-state index contributed by atoms with van der Waals surface area (Å²) in [7, 11) is 0. The molecule has 0 aliphatic rings. The van der Waals surface area contributed by atoms with Crippen molar-refractivity contribution in [3.05, 3.63) is 71.0 Å². The molecule has 154 valence electrons. The van der Waals surface area contributed by atoms with Gasteiger partial charge in [-0.3, -0.25) is 14.4 Å². The van der Waals surface area contributed by atoms with E-state index in [2.05, 4.69) is 31.1 Å². The number of benzene rings is 2. The number of hydrogen-bond acceptors (Lipinski definition) is 5. The Morgan fingerprint density at radius 3 is 2.77 bits per heavy atom. The van der Waals surface area contributed by atoms with Crippen molar-refractivity contribution in [3.63, 3.8) is 0 Å². The third kappa shape index (κ3) is 4.86. The van der Waals surface area contributed by atoms with E-state index in [1.54, 1.807) is 22.4 Å². The van der Waals surface area contributed by atoms with Crippen LogP contribution in [0.25, 0.3) is 10.2 Å². The lowest BCUT2D eigenvalue weighted by Gasteiger charge is -2.19. The zero-order valence-corrected chi connectivity index (χ0v) is 19.1. The molecule has 0 bridgehead atoms. The van der Waals surface area contributed by atoms with Crippen LogP contribution in [0.4, 0.5) is 5.13 Å². The summed E-state index contributed by atoms with van der Waals surface area (Å²) in [6.07, 6.45) is 3.64. The molecule has 4 rings (SSSR count). The summed E-state index contributed by atoms with van der Waals surface area (Å²) in [5.41, 5.74) is 3.29. The van der Waals surface area contributed by atoms with E-state index < -0.39 is 0 Å². The highest BCUT2D eigenvalue weighted by atomic mass is 35.5. The van der Waals surface area contributed by atoms with Crippen LogP contribution in [-0.2, 0) is 11.3 Å². The maximum Gasteiger partial charge on any atom is 0.239 e. The Balaban J connectivity index is 1.57. The van der Waals surface area contributed by atoms with E-state index in [-0.39, 0.29) is 5.91 Å². The van der Waals surface area contributed by atoms with Crippen LogP contribution in [0.5, 0.6) is 0 Å². The van der Waals surface area contributed by atoms with Gasteiger partial charge in [0, 0.05) is 28.9 Å². The molecule has 0 N–H and O–H groups in total. The molecule has 0 saturated heterocycles. The zero-order valence-electron chi connectivity index (χ0n) is 16.7. The standard InChI is InChI=1S/C22H21ClN4OS2/c1-15-12-16(2)21-19(13-15)30-22(25-21)27(11-10-26-9-3-8-24-26)20(28)14-29-18-6-4-17(23)5-7-18/h3-9,12-13H,10-11,14H2,1-2H3. The summed E-state index contributed by atoms with van der Waals surface area (Å²) in [4.78, 5) is 20.8. The first kappa shape index (κ1) is 20.9. The summed E-state index contributed by atoms with van der Waals surface area (Å²) in [6.45, 7) is 5.26. The van der Waals surface area contributed by atoms with Gasteiger partial charge in [-0.15, -0.1) is 11.8 Å². The Morgan fingerprint density at radius 1 is 1.23 bits per heavy atom. The average Bonchev–Trinajstić information content (AvgIpc) is 3.38. The van der Waals surface area contributed by atoms with E-state index in [0.717, 1.165) is 25.8 Å². The number of nitrogens with zero attached hydrogens (tertiary/aromatic N) is 4. The number of carbonyl (C=O) groups is 1. The predicted molar refractivity (Wildman–Crippen MR) is 126 cm³/mol. The minimum atomic E-state index is 0.0236. The van der Waals surface area contributed by atoms with Crippen LogP contribution in [0, 0.1) is 13.8 Å². The monoisotopic (exact) mass is 456 g/mol. The molecular weight excluding hydrogens is 436 g/mol. The topological polar surface area (TPSA) is 51.0 Å². The summed E-state index contributed by atoms with van der Waals surface area (Å²) in [6, 6.07) is 13.7. The lowest BCUT2D eigenvalue weighted by Crippen LogP contribution is -2.35. The van der Waals surface area contributed by atoms with Gasteiger partial charge in [-0.2, -0.15) is 5.10 Å². The molecule has 0 spiro atoms. The minimum absolute atomic E-state index is 0.0236. The molecule has 2 aromatic carbocycles. The van der Waals surface area contributed by atoms with Crippen LogP contribution in [0.15, 0.2) is 59.8 Å². The van der Waals surface area contributed by atoms with Gasteiger partial charge in [0.15, 0.2) is 5.13 Å². The highest BCUT2D eigenvalue weighted by molar-refractivity contribution is 8.00. The van der Waals surface area contributed by atoms with Gasteiger partial charge in [0.05, 0.1) is 22.5 Å². The largest absolute Gasteiger partial charge is 0.285 e. The van der Waals surface area contributed by atoms with Crippen LogP contribution in [0.1, 0.15) is 11.1 Å². The summed E-state index contributed by atoms with van der Waals surface area (Å²) in [5.74, 6) is 0.352. The summed E-state index contributed by atoms with van der Waals surface area (Å²) in [5, 5.41) is 5.67. The second kappa shape index (κ2) is 9.20. The smallest absolute Gasteiger partial charge is 0.239 e. The SMILES string of the molecule is Cc1cc(C)c2nc(N(CCn3cccn3)C(=O)CSc3ccc(Cl)cc3)sc2c1. The van der Waals surface area contributed by atoms with Gasteiger partial charge in [0.2, 0.25) is 5.91 Å². The van der Waals surface area contributed by atoms with Crippen LogP contribution in [0.2, 0.25) is 5.02 Å². The van der Waals surface area contributed by atoms with Crippen LogP contribution < -0.4 is 4.90 Å². The number of thiazole rings is 1. The molecule has 5 nitrogen and oxygen atoms in total. The second-order valence-corrected chi connectivity index (χ2v) is 9.48. The molecule has 2 heterocycles. The van der Waals surface area contributed by atoms with Crippen molar-refractivity contribution in [1.29, 1.82) is 0 Å². The van der Waals surface area contributed by atoms with E-state index in [9.17, 15) is 4.79 Å². The highest BCUT2D eigenvalue weighted by Gasteiger charge is 2.21. The van der Waals surface area contributed by atoms with Crippen LogP contribution in [-0.4, -0.2) is 33.0 Å². The van der Waals surface area contributed by atoms with Crippen molar-refractivity contribution in [2.75, 3.05) is 17.2 Å². The van der Waals surface area contributed by atoms with Crippen molar-refractivity contribution < 1.29 is 4.79 Å². The molecule has 0 atom stereocenters. The average molecular weight is 457 g/mol. The van der Waals surface area contributed by atoms with E-state index >= 15 is 0 Å². The maximum absolute atomic E-state index is 13.2. The van der Waals surface area contributed by atoms with E-state index in [4.69, 9.17) is 16.6 Å². The number of halogens is 1. The fraction of sp³-hybridized carbons (Fsp3) is 0.227. The Labute approximate surface area is 188 Å². The number of hydrogen-bond donors (Lipinski definition) is 0. The third-order valence-corrected chi connectivity index (χ3v) is 6.91. The molecule has 0 aliphatic heterocycles. The van der Waals surface area contributed by atoms with E-state index in [1.165, 1.54) is 17.3 Å². The highest BCUT2D eigenvalue weighted by Crippen LogP contribution is 2.32. The number of amides is 1. The third-order valence-electron chi connectivity index (χ3n) is 4.64. The molecule has 0 aliphatic carbocycles. The molecule has 4 aromatic rings. The van der Waals surface area contributed by atoms with Gasteiger partial charge in [-0.05, 0) is 61.4 Å². The number of aromatic nitrogens is 3. The molecule has 0 fully saturated rings. The summed E-state index contributed by atoms with van der Waals surface area (Å²) >= 11 is 9.02. The predicted octanol–water partition coefficient (Wildman–Crippen LogP) is 5.59. The van der Waals surface area contributed by atoms with Crippen molar-refractivity contribution in [1.82, 2.24) is 14.8 Å². The van der Waals surface area contributed by atoms with Crippen LogP contribution in [0.3, 0.4) is 0 Å². The number of rotatable bonds is 7. The molecule has 0 saturated carbocycles. The van der Waals surface area contributed by atoms with Gasteiger partial charge >= 0.3 is 0 Å². The fourth-order valence-corrected chi connectivity index (χ4v) is 5.28. The fourth-order valence-electron chi connectivity index (χ4n) is 3.19. The molecule has 30 heavy (non-hydrogen) atoms. The van der Waals surface area contributed by atoms with Gasteiger partial charge in [-0.1, -0.05) is 29.0 Å². The van der Waals surface area contributed by atoms with E-state index in [1.807, 2.05) is 41.2 Å². The first-order chi connectivity index (χ1) is 14.5. The van der Waals surface area contributed by atoms with Gasteiger partial charge < -0.3 is 0 Å². The second-order valence-electron chi connectivity index (χ2n) is 6.98. The molecule has 0 radical (unpaired) electrons. The number of anilines is 1. The van der Waals surface area contributed by atoms with Gasteiger partial charge in [0.25, 0.3) is 0 Å².